The standard InChI is InChI=1S/C118H68N4S3/c1-5-28-69(29-6-1)70-52-54-71(55-53-70)104-79-36-13-14-37-80(79)105(76-57-64-98-88(67-76)106-85(110(119-98)72-30-7-2-8-31-72)60-62-95-108(106)82-38-15-18-42-90(82)117(95)92-44-20-24-49-101(92)123-102-50-25-21-45-93(102)117)81-59-56-75(66-87(81)104)78-41-27-47-97-114(78)125-103-51-26-22-46-94(103)118(97)91-43-19-16-39-83(91)109-96(118)63-61-86-107(109)89-68-77(58-65-99(89)120-111(86)73-32-9-3-10-33-73)112-115-113(84-40-17-23-48-100(84)124-115)122-116(121-112)74-34-11-4-12-35-74/h1-68H. The van der Waals surface area contributed by atoms with Crippen LogP contribution < -0.4 is 0 Å². The van der Waals surface area contributed by atoms with Crippen LogP contribution in [0.5, 0.6) is 0 Å². The summed E-state index contributed by atoms with van der Waals surface area (Å²) in [6.07, 6.45) is 0. The highest BCUT2D eigenvalue weighted by atomic mass is 32.2. The molecule has 0 saturated heterocycles. The van der Waals surface area contributed by atoms with E-state index in [1.54, 1.807) is 11.3 Å². The van der Waals surface area contributed by atoms with Crippen LogP contribution >= 0.6 is 34.9 Å². The largest absolute Gasteiger partial charge is 0.247 e. The molecule has 2 spiro atoms. The van der Waals surface area contributed by atoms with Gasteiger partial charge in [0.25, 0.3) is 0 Å². The third-order valence-corrected chi connectivity index (χ3v) is 30.7. The zero-order valence-corrected chi connectivity index (χ0v) is 69.7. The molecule has 0 N–H and O–H groups in total. The Kier molecular flexibility index (Phi) is 15.4. The van der Waals surface area contributed by atoms with E-state index in [2.05, 4.69) is 413 Å². The minimum atomic E-state index is -0.760. The van der Waals surface area contributed by atoms with Crippen molar-refractivity contribution in [1.82, 2.24) is 19.9 Å². The highest BCUT2D eigenvalue weighted by Gasteiger charge is 2.53. The minimum absolute atomic E-state index is 0.575. The number of aromatic nitrogens is 4. The molecule has 0 radical (unpaired) electrons. The first-order chi connectivity index (χ1) is 62.0. The summed E-state index contributed by atoms with van der Waals surface area (Å²) in [5.41, 5.74) is 33.0. The molecule has 0 fully saturated rings. The number of nitrogens with zero attached hydrogens (tertiary/aromatic N) is 4. The molecule has 2 aliphatic heterocycles. The van der Waals surface area contributed by atoms with Gasteiger partial charge in [0.05, 0.1) is 49.2 Å². The maximum Gasteiger partial charge on any atom is 0.160 e. The van der Waals surface area contributed by atoms with Crippen molar-refractivity contribution in [3.63, 3.8) is 0 Å². The van der Waals surface area contributed by atoms with Crippen LogP contribution in [0.25, 0.3) is 197 Å². The molecule has 27 rings (SSSR count). The lowest BCUT2D eigenvalue weighted by Crippen LogP contribution is -2.32. The van der Waals surface area contributed by atoms with Crippen LogP contribution in [-0.4, -0.2) is 19.9 Å². The average molecular weight is 1640 g/mol. The minimum Gasteiger partial charge on any atom is -0.247 e. The van der Waals surface area contributed by atoms with Crippen LogP contribution in [0.15, 0.2) is 432 Å². The number of pyridine rings is 2. The van der Waals surface area contributed by atoms with Crippen molar-refractivity contribution in [2.45, 2.75) is 30.4 Å². The monoisotopic (exact) mass is 1640 g/mol. The van der Waals surface area contributed by atoms with Gasteiger partial charge in [-0.25, -0.2) is 19.9 Å². The molecule has 4 nitrogen and oxygen atoms in total. The van der Waals surface area contributed by atoms with Gasteiger partial charge in [-0.2, -0.15) is 0 Å². The van der Waals surface area contributed by atoms with Crippen molar-refractivity contribution in [1.29, 1.82) is 0 Å². The molecule has 6 heterocycles. The number of fused-ring (bicyclic) bond motifs is 31. The fourth-order valence-electron chi connectivity index (χ4n) is 22.0. The number of rotatable bonds is 8. The van der Waals surface area contributed by atoms with Crippen LogP contribution in [0.2, 0.25) is 0 Å². The first-order valence-corrected chi connectivity index (χ1v) is 45.2. The van der Waals surface area contributed by atoms with E-state index in [4.69, 9.17) is 19.9 Å². The lowest BCUT2D eigenvalue weighted by Gasteiger charge is -2.40. The Morgan fingerprint density at radius 3 is 1.21 bits per heavy atom. The Balaban J connectivity index is 0.699. The van der Waals surface area contributed by atoms with Gasteiger partial charge in [0.2, 0.25) is 0 Å². The topological polar surface area (TPSA) is 51.6 Å². The molecule has 4 aromatic heterocycles. The lowest BCUT2D eigenvalue weighted by molar-refractivity contribution is 0.723. The lowest BCUT2D eigenvalue weighted by atomic mass is 9.66. The maximum atomic E-state index is 5.79. The van der Waals surface area contributed by atoms with Gasteiger partial charge in [-0.05, 0) is 187 Å². The predicted molar refractivity (Wildman–Crippen MR) is 522 cm³/mol. The van der Waals surface area contributed by atoms with Crippen LogP contribution in [0.4, 0.5) is 0 Å². The second-order valence-corrected chi connectivity index (χ2v) is 36.6. The fourth-order valence-corrected chi connectivity index (χ4v) is 25.7. The normalized spacial score (nSPS) is 14.3. The molecule has 2 aliphatic carbocycles. The predicted octanol–water partition coefficient (Wildman–Crippen LogP) is 31.5. The fraction of sp³-hybridized carbons (Fsp3) is 0.0169. The van der Waals surface area contributed by atoms with Gasteiger partial charge < -0.3 is 0 Å². The molecule has 578 valence electrons. The molecule has 0 bridgehead atoms. The van der Waals surface area contributed by atoms with Crippen molar-refractivity contribution in [2.75, 3.05) is 0 Å². The van der Waals surface area contributed by atoms with Crippen LogP contribution in [0.1, 0.15) is 44.5 Å². The van der Waals surface area contributed by atoms with Crippen molar-refractivity contribution in [3.8, 4) is 112 Å². The quantitative estimate of drug-likeness (QED) is 0.112. The second-order valence-electron chi connectivity index (χ2n) is 33.4. The Bertz CT molecular complexity index is 8550. The first kappa shape index (κ1) is 70.7. The smallest absolute Gasteiger partial charge is 0.160 e. The zero-order chi connectivity index (χ0) is 81.7. The molecular weight excluding hydrogens is 1570 g/mol. The average Bonchev–Trinajstić information content (AvgIpc) is 1.54. The summed E-state index contributed by atoms with van der Waals surface area (Å²) < 4.78 is 2.24. The molecule has 0 amide bonds. The van der Waals surface area contributed by atoms with Crippen LogP contribution in [-0.2, 0) is 10.8 Å². The summed E-state index contributed by atoms with van der Waals surface area (Å²) in [7, 11) is 0. The number of benzene rings is 19. The molecule has 125 heavy (non-hydrogen) atoms. The maximum absolute atomic E-state index is 5.79. The highest BCUT2D eigenvalue weighted by Crippen LogP contribution is 2.67. The number of hydrogen-bond acceptors (Lipinski definition) is 7. The molecule has 23 aromatic rings. The van der Waals surface area contributed by atoms with E-state index in [0.29, 0.717) is 5.82 Å². The summed E-state index contributed by atoms with van der Waals surface area (Å²) in [6, 6.07) is 154. The highest BCUT2D eigenvalue weighted by molar-refractivity contribution is 8.00. The second kappa shape index (κ2) is 27.3. The summed E-state index contributed by atoms with van der Waals surface area (Å²) >= 11 is 5.56. The van der Waals surface area contributed by atoms with E-state index < -0.39 is 10.8 Å². The number of hydrogen-bond donors (Lipinski definition) is 0. The van der Waals surface area contributed by atoms with Gasteiger partial charge >= 0.3 is 0 Å². The Hall–Kier alpha value is -15.0. The van der Waals surface area contributed by atoms with E-state index in [1.165, 1.54) is 151 Å². The molecule has 1 atom stereocenters. The number of thiophene rings is 1. The molecule has 19 aromatic carbocycles. The molecule has 4 aliphatic rings. The molecule has 0 saturated carbocycles. The van der Waals surface area contributed by atoms with E-state index in [9.17, 15) is 0 Å². The van der Waals surface area contributed by atoms with Crippen LogP contribution in [0, 0.1) is 0 Å². The first-order valence-electron chi connectivity index (χ1n) is 42.8. The molecular formula is C118H68N4S3. The van der Waals surface area contributed by atoms with Gasteiger partial charge in [0, 0.05) is 84.2 Å². The van der Waals surface area contributed by atoms with E-state index in [0.717, 1.165) is 104 Å². The van der Waals surface area contributed by atoms with E-state index >= 15 is 0 Å². The summed E-state index contributed by atoms with van der Waals surface area (Å²) in [4.78, 5) is 27.5. The summed E-state index contributed by atoms with van der Waals surface area (Å²) in [6.45, 7) is 0. The van der Waals surface area contributed by atoms with Gasteiger partial charge in [-0.3, -0.25) is 0 Å². The molecule has 1 unspecified atom stereocenters. The Morgan fingerprint density at radius 2 is 0.616 bits per heavy atom. The summed E-state index contributed by atoms with van der Waals surface area (Å²) in [5, 5.41) is 12.6. The van der Waals surface area contributed by atoms with Crippen molar-refractivity contribution < 1.29 is 0 Å². The summed E-state index contributed by atoms with van der Waals surface area (Å²) in [5.74, 6) is 0.700. The zero-order valence-electron chi connectivity index (χ0n) is 67.3. The van der Waals surface area contributed by atoms with Crippen molar-refractivity contribution in [3.05, 3.63) is 457 Å². The van der Waals surface area contributed by atoms with Gasteiger partial charge in [-0.1, -0.05) is 381 Å². The third kappa shape index (κ3) is 10.1. The van der Waals surface area contributed by atoms with Gasteiger partial charge in [0.1, 0.15) is 0 Å². The van der Waals surface area contributed by atoms with E-state index in [-0.39, 0.29) is 0 Å². The van der Waals surface area contributed by atoms with Gasteiger partial charge in [-0.15, -0.1) is 11.3 Å². The van der Waals surface area contributed by atoms with E-state index in [1.807, 2.05) is 23.5 Å². The van der Waals surface area contributed by atoms with Crippen molar-refractivity contribution >= 4 is 120 Å². The van der Waals surface area contributed by atoms with Crippen molar-refractivity contribution in [2.24, 2.45) is 0 Å². The third-order valence-electron chi connectivity index (χ3n) is 27.2. The Labute approximate surface area is 733 Å². The van der Waals surface area contributed by atoms with Gasteiger partial charge in [0.15, 0.2) is 5.82 Å². The molecule has 7 heteroatoms. The van der Waals surface area contributed by atoms with Crippen LogP contribution in [0.3, 0.4) is 0 Å². The Morgan fingerprint density at radius 1 is 0.208 bits per heavy atom. The SMILES string of the molecule is c1ccc(-c2ccc(-c3c4ccccc4c(-c4ccc5nc(-c6ccccc6)c6ccc7c(c6c5c4)-c4ccccc4C74c5ccccc5Sc5ccccc54)c4ccc(-c5cccc6c5Sc5ccccc5C65c6ccccc6-c6c5ccc5c(-c7ccccc7)nc7ccc(-c8nc(-c9ccccc9)nc9c8sc8ccccc89)cc7c65)cc34)cc2)cc1.